The Morgan fingerprint density at radius 1 is 0.216 bits per heavy atom. The van der Waals surface area contributed by atoms with Crippen LogP contribution >= 0.6 is 0 Å². The van der Waals surface area contributed by atoms with Crippen LogP contribution in [0.4, 0.5) is 17.1 Å². The summed E-state index contributed by atoms with van der Waals surface area (Å²) in [6, 6.07) is 72.9. The first-order chi connectivity index (χ1) is 25.3. The van der Waals surface area contributed by atoms with E-state index in [1.54, 1.807) is 0 Å². The van der Waals surface area contributed by atoms with E-state index < -0.39 is 0 Å². The molecule has 10 rings (SSSR count). The smallest absolute Gasteiger partial charge is 0.0462 e. The standard InChI is InChI=1S/C50H33N/c1-3-15-36(16-4-1)51(37-17-5-2-6-18-37)38-30-27-34(28-31-38)49-46-25-13-11-22-42(46)43-23-12-14-26-47(43)50(49)35-29-32-45-41-21-8-7-19-39(41)40-20-9-10-24-44(40)48(45)33-35/h1-33H. The van der Waals surface area contributed by atoms with E-state index in [2.05, 4.69) is 205 Å². The largest absolute Gasteiger partial charge is 0.311 e. The Kier molecular flexibility index (Phi) is 6.89. The fourth-order valence-electron chi connectivity index (χ4n) is 8.18. The molecule has 238 valence electrons. The van der Waals surface area contributed by atoms with Gasteiger partial charge in [-0.3, -0.25) is 0 Å². The van der Waals surface area contributed by atoms with Crippen LogP contribution in [0.3, 0.4) is 0 Å². The maximum absolute atomic E-state index is 2.44. The zero-order valence-electron chi connectivity index (χ0n) is 28.0. The molecule has 0 aliphatic heterocycles. The highest BCUT2D eigenvalue weighted by molar-refractivity contribution is 6.27. The highest BCUT2D eigenvalue weighted by atomic mass is 15.1. The van der Waals surface area contributed by atoms with Crippen LogP contribution in [0, 0.1) is 0 Å². The molecule has 1 heteroatoms. The van der Waals surface area contributed by atoms with E-state index in [1.807, 2.05) is 0 Å². The molecule has 10 aromatic rings. The molecule has 0 amide bonds. The van der Waals surface area contributed by atoms with E-state index in [4.69, 9.17) is 0 Å². The molecule has 0 radical (unpaired) electrons. The lowest BCUT2D eigenvalue weighted by atomic mass is 9.84. The van der Waals surface area contributed by atoms with E-state index in [-0.39, 0.29) is 0 Å². The molecular formula is C50H33N. The van der Waals surface area contributed by atoms with Gasteiger partial charge in [-0.1, -0.05) is 158 Å². The predicted molar refractivity (Wildman–Crippen MR) is 220 cm³/mol. The van der Waals surface area contributed by atoms with Crippen LogP contribution < -0.4 is 4.90 Å². The van der Waals surface area contributed by atoms with E-state index in [9.17, 15) is 0 Å². The molecule has 0 fully saturated rings. The number of benzene rings is 10. The van der Waals surface area contributed by atoms with Crippen LogP contribution in [0.1, 0.15) is 0 Å². The van der Waals surface area contributed by atoms with Crippen LogP contribution in [-0.2, 0) is 0 Å². The Balaban J connectivity index is 1.24. The topological polar surface area (TPSA) is 3.24 Å². The van der Waals surface area contributed by atoms with Gasteiger partial charge in [0.15, 0.2) is 0 Å². The van der Waals surface area contributed by atoms with Gasteiger partial charge in [-0.05, 0) is 119 Å². The van der Waals surface area contributed by atoms with Crippen molar-refractivity contribution in [3.05, 3.63) is 200 Å². The van der Waals surface area contributed by atoms with Crippen LogP contribution in [0.25, 0.3) is 76.1 Å². The molecule has 1 nitrogen and oxygen atoms in total. The van der Waals surface area contributed by atoms with Crippen molar-refractivity contribution in [2.24, 2.45) is 0 Å². The van der Waals surface area contributed by atoms with Gasteiger partial charge in [0.2, 0.25) is 0 Å². The lowest BCUT2D eigenvalue weighted by molar-refractivity contribution is 1.28. The minimum atomic E-state index is 1.12. The predicted octanol–water partition coefficient (Wildman–Crippen LogP) is 14.3. The van der Waals surface area contributed by atoms with Gasteiger partial charge in [0.1, 0.15) is 0 Å². The molecular weight excluding hydrogens is 615 g/mol. The van der Waals surface area contributed by atoms with Crippen molar-refractivity contribution in [1.29, 1.82) is 0 Å². The molecule has 0 atom stereocenters. The maximum atomic E-state index is 2.44. The number of anilines is 3. The lowest BCUT2D eigenvalue weighted by Gasteiger charge is -2.26. The first kappa shape index (κ1) is 29.2. The molecule has 0 heterocycles. The highest BCUT2D eigenvalue weighted by Crippen LogP contribution is 2.47. The molecule has 0 aromatic heterocycles. The normalized spacial score (nSPS) is 11.5. The summed E-state index contributed by atoms with van der Waals surface area (Å²) in [5.74, 6) is 0. The zero-order chi connectivity index (χ0) is 33.7. The highest BCUT2D eigenvalue weighted by Gasteiger charge is 2.20. The Hall–Kier alpha value is -6.70. The Morgan fingerprint density at radius 3 is 1.00 bits per heavy atom. The minimum absolute atomic E-state index is 1.12. The van der Waals surface area contributed by atoms with E-state index in [0.717, 1.165) is 17.1 Å². The SMILES string of the molecule is c1ccc(N(c2ccccc2)c2ccc(-c3c(-c4ccc5c6ccccc6c6ccccc6c5c4)c4ccccc4c4ccccc34)cc2)cc1. The van der Waals surface area contributed by atoms with Crippen LogP contribution in [0.5, 0.6) is 0 Å². The van der Waals surface area contributed by atoms with Gasteiger partial charge >= 0.3 is 0 Å². The Bertz CT molecular complexity index is 2820. The number of hydrogen-bond acceptors (Lipinski definition) is 1. The van der Waals surface area contributed by atoms with Crippen molar-refractivity contribution >= 4 is 70.9 Å². The molecule has 10 aromatic carbocycles. The number of nitrogens with zero attached hydrogens (tertiary/aromatic N) is 1. The average molecular weight is 648 g/mol. The molecule has 0 aliphatic carbocycles. The summed E-state index contributed by atoms with van der Waals surface area (Å²) in [5.41, 5.74) is 8.31. The van der Waals surface area contributed by atoms with Crippen LogP contribution in [0.2, 0.25) is 0 Å². The molecule has 0 bridgehead atoms. The van der Waals surface area contributed by atoms with Gasteiger partial charge in [-0.25, -0.2) is 0 Å². The Labute approximate surface area is 297 Å². The second kappa shape index (κ2) is 12.0. The first-order valence-corrected chi connectivity index (χ1v) is 17.6. The van der Waals surface area contributed by atoms with Crippen LogP contribution in [0.15, 0.2) is 200 Å². The molecule has 0 unspecified atom stereocenters. The first-order valence-electron chi connectivity index (χ1n) is 17.6. The third kappa shape index (κ3) is 4.78. The number of rotatable bonds is 5. The third-order valence-electron chi connectivity index (χ3n) is 10.4. The summed E-state index contributed by atoms with van der Waals surface area (Å²) in [7, 11) is 0. The van der Waals surface area contributed by atoms with E-state index >= 15 is 0 Å². The van der Waals surface area contributed by atoms with Crippen molar-refractivity contribution in [2.75, 3.05) is 4.90 Å². The average Bonchev–Trinajstić information content (AvgIpc) is 3.21. The summed E-state index contributed by atoms with van der Waals surface area (Å²) < 4.78 is 0. The zero-order valence-corrected chi connectivity index (χ0v) is 28.0. The fraction of sp³-hybridized carbons (Fsp3) is 0. The second-order valence-corrected chi connectivity index (χ2v) is 13.2. The molecule has 0 N–H and O–H groups in total. The van der Waals surface area contributed by atoms with E-state index in [0.29, 0.717) is 0 Å². The van der Waals surface area contributed by atoms with Gasteiger partial charge in [0.25, 0.3) is 0 Å². The van der Waals surface area contributed by atoms with Gasteiger partial charge in [-0.15, -0.1) is 0 Å². The molecule has 0 saturated heterocycles. The number of fused-ring (bicyclic) bond motifs is 9. The van der Waals surface area contributed by atoms with Crippen LogP contribution in [-0.4, -0.2) is 0 Å². The number of hydrogen-bond donors (Lipinski definition) is 0. The summed E-state index contributed by atoms with van der Waals surface area (Å²) in [6.45, 7) is 0. The maximum Gasteiger partial charge on any atom is 0.0462 e. The van der Waals surface area contributed by atoms with Gasteiger partial charge in [0.05, 0.1) is 0 Å². The third-order valence-corrected chi connectivity index (χ3v) is 10.4. The molecule has 0 saturated carbocycles. The summed E-state index contributed by atoms with van der Waals surface area (Å²) in [5, 5.41) is 12.8. The van der Waals surface area contributed by atoms with Crippen molar-refractivity contribution in [2.45, 2.75) is 0 Å². The quantitative estimate of drug-likeness (QED) is 0.168. The lowest BCUT2D eigenvalue weighted by Crippen LogP contribution is -2.09. The monoisotopic (exact) mass is 647 g/mol. The molecule has 0 spiro atoms. The summed E-state index contributed by atoms with van der Waals surface area (Å²) in [4.78, 5) is 2.32. The van der Waals surface area contributed by atoms with E-state index in [1.165, 1.54) is 76.1 Å². The second-order valence-electron chi connectivity index (χ2n) is 13.2. The van der Waals surface area contributed by atoms with Gasteiger partial charge in [-0.2, -0.15) is 0 Å². The molecule has 51 heavy (non-hydrogen) atoms. The molecule has 0 aliphatic rings. The Morgan fingerprint density at radius 2 is 0.529 bits per heavy atom. The van der Waals surface area contributed by atoms with Crippen molar-refractivity contribution in [3.63, 3.8) is 0 Å². The minimum Gasteiger partial charge on any atom is -0.311 e. The van der Waals surface area contributed by atoms with Gasteiger partial charge in [0, 0.05) is 17.1 Å². The summed E-state index contributed by atoms with van der Waals surface area (Å²) >= 11 is 0. The fourth-order valence-corrected chi connectivity index (χ4v) is 8.18. The van der Waals surface area contributed by atoms with Crippen molar-refractivity contribution < 1.29 is 0 Å². The number of para-hydroxylation sites is 2. The van der Waals surface area contributed by atoms with Crippen molar-refractivity contribution in [1.82, 2.24) is 0 Å². The summed E-state index contributed by atoms with van der Waals surface area (Å²) in [6.07, 6.45) is 0. The van der Waals surface area contributed by atoms with Gasteiger partial charge < -0.3 is 4.90 Å². The van der Waals surface area contributed by atoms with Crippen molar-refractivity contribution in [3.8, 4) is 22.3 Å².